The summed E-state index contributed by atoms with van der Waals surface area (Å²) in [6, 6.07) is 4.64. The summed E-state index contributed by atoms with van der Waals surface area (Å²) in [5.74, 6) is 0.280. The van der Waals surface area contributed by atoms with Crippen LogP contribution in [0.3, 0.4) is 0 Å². The lowest BCUT2D eigenvalue weighted by Crippen LogP contribution is -2.60. The van der Waals surface area contributed by atoms with E-state index in [9.17, 15) is 19.6 Å². The first-order valence-corrected chi connectivity index (χ1v) is 12.7. The Morgan fingerprint density at radius 1 is 1.32 bits per heavy atom. The van der Waals surface area contributed by atoms with E-state index in [-0.39, 0.29) is 54.7 Å². The van der Waals surface area contributed by atoms with Gasteiger partial charge in [-0.25, -0.2) is 19.2 Å². The maximum Gasteiger partial charge on any atom is 0.328 e. The number of aldehydes is 1. The van der Waals surface area contributed by atoms with Crippen LogP contribution in [0, 0.1) is 11.3 Å². The molecule has 3 fully saturated rings. The van der Waals surface area contributed by atoms with Crippen LogP contribution in [0.4, 0.5) is 26.5 Å². The SMILES string of the molecule is CN1CCN(Cc2cc3c(nc2C=O)N(C(=O)Nc2cc(NC4CC4)c(C#N)cn2)C2CC3(F)C2)C(=O)C1. The van der Waals surface area contributed by atoms with Crippen molar-refractivity contribution < 1.29 is 18.8 Å². The summed E-state index contributed by atoms with van der Waals surface area (Å²) < 4.78 is 15.8. The molecule has 2 N–H and O–H groups in total. The Balaban J connectivity index is 1.28. The smallest absolute Gasteiger partial charge is 0.328 e. The number of anilines is 3. The quantitative estimate of drug-likeness (QED) is 0.557. The van der Waals surface area contributed by atoms with Gasteiger partial charge in [0.2, 0.25) is 5.91 Å². The molecule has 3 aliphatic heterocycles. The predicted molar refractivity (Wildman–Crippen MR) is 135 cm³/mol. The summed E-state index contributed by atoms with van der Waals surface area (Å²) in [6.45, 7) is 1.62. The van der Waals surface area contributed by atoms with E-state index in [1.807, 2.05) is 11.9 Å². The molecule has 0 unspecified atom stereocenters. The number of amides is 3. The van der Waals surface area contributed by atoms with Crippen LogP contribution in [0.25, 0.3) is 0 Å². The molecule has 0 radical (unpaired) electrons. The van der Waals surface area contributed by atoms with Crippen molar-refractivity contribution in [2.45, 2.75) is 50.0 Å². The second-order valence-corrected chi connectivity index (χ2v) is 10.5. The number of nitrogens with one attached hydrogen (secondary N) is 2. The molecule has 3 amide bonds. The van der Waals surface area contributed by atoms with E-state index in [0.29, 0.717) is 42.2 Å². The van der Waals surface area contributed by atoms with Crippen molar-refractivity contribution in [1.29, 1.82) is 5.26 Å². The van der Waals surface area contributed by atoms with E-state index in [0.717, 1.165) is 12.8 Å². The summed E-state index contributed by atoms with van der Waals surface area (Å²) in [5, 5.41) is 15.4. The highest BCUT2D eigenvalue weighted by molar-refractivity contribution is 6.03. The standard InChI is InChI=1S/C26H27FN8O3/c1-33-4-5-34(23(37)13-33)12-15-6-19-24(31-21(15)14-36)35(18-8-26(19,27)9-18)25(38)32-22-7-20(30-17-2-3-17)16(10-28)11-29-22/h6-7,11,14,17-18H,2-5,8-9,12-13H2,1H3,(H2,29,30,32,38). The number of nitrogens with zero attached hydrogens (tertiary/aromatic N) is 6. The lowest BCUT2D eigenvalue weighted by molar-refractivity contribution is -0.136. The Labute approximate surface area is 218 Å². The highest BCUT2D eigenvalue weighted by atomic mass is 19.1. The number of aromatic nitrogens is 2. The molecule has 7 rings (SSSR count). The van der Waals surface area contributed by atoms with E-state index in [4.69, 9.17) is 0 Å². The van der Waals surface area contributed by atoms with Crippen molar-refractivity contribution in [3.8, 4) is 6.07 Å². The molecular formula is C26H27FN8O3. The van der Waals surface area contributed by atoms with Crippen LogP contribution in [-0.4, -0.2) is 76.8 Å². The van der Waals surface area contributed by atoms with Crippen LogP contribution in [-0.2, 0) is 17.0 Å². The van der Waals surface area contributed by atoms with Crippen LogP contribution in [0.15, 0.2) is 18.3 Å². The van der Waals surface area contributed by atoms with Gasteiger partial charge in [-0.3, -0.25) is 24.7 Å². The largest absolute Gasteiger partial charge is 0.381 e. The number of nitriles is 1. The molecule has 2 aromatic rings. The fourth-order valence-electron chi connectivity index (χ4n) is 5.37. The van der Waals surface area contributed by atoms with Crippen LogP contribution < -0.4 is 15.5 Å². The zero-order valence-corrected chi connectivity index (χ0v) is 20.9. The first-order valence-electron chi connectivity index (χ1n) is 12.7. The maximum absolute atomic E-state index is 15.8. The van der Waals surface area contributed by atoms with Crippen molar-refractivity contribution in [3.63, 3.8) is 0 Å². The second kappa shape index (κ2) is 9.02. The van der Waals surface area contributed by atoms with Gasteiger partial charge in [-0.1, -0.05) is 0 Å². The lowest BCUT2D eigenvalue weighted by atomic mass is 9.68. The summed E-state index contributed by atoms with van der Waals surface area (Å²) >= 11 is 0. The monoisotopic (exact) mass is 518 g/mol. The van der Waals surface area contributed by atoms with Crippen molar-refractivity contribution in [1.82, 2.24) is 19.8 Å². The van der Waals surface area contributed by atoms with E-state index in [1.54, 1.807) is 17.0 Å². The third-order valence-corrected chi connectivity index (χ3v) is 7.71. The molecule has 12 heteroatoms. The number of hydrogen-bond acceptors (Lipinski definition) is 8. The Morgan fingerprint density at radius 2 is 2.11 bits per heavy atom. The van der Waals surface area contributed by atoms with Crippen LogP contribution >= 0.6 is 0 Å². The highest BCUT2D eigenvalue weighted by Gasteiger charge is 2.57. The third kappa shape index (κ3) is 4.22. The fourth-order valence-corrected chi connectivity index (χ4v) is 5.37. The Morgan fingerprint density at radius 3 is 2.79 bits per heavy atom. The van der Waals surface area contributed by atoms with E-state index in [1.165, 1.54) is 11.1 Å². The van der Waals surface area contributed by atoms with Gasteiger partial charge in [0, 0.05) is 67.9 Å². The first-order chi connectivity index (χ1) is 18.3. The number of likely N-dealkylation sites (N-methyl/N-ethyl adjacent to an activating group) is 1. The van der Waals surface area contributed by atoms with Gasteiger partial charge in [0.05, 0.1) is 17.8 Å². The van der Waals surface area contributed by atoms with Crippen molar-refractivity contribution in [2.24, 2.45) is 0 Å². The topological polar surface area (TPSA) is 135 Å². The van der Waals surface area contributed by atoms with Crippen LogP contribution in [0.1, 0.15) is 52.9 Å². The lowest BCUT2D eigenvalue weighted by Gasteiger charge is -2.52. The number of urea groups is 1. The summed E-state index contributed by atoms with van der Waals surface area (Å²) in [7, 11) is 1.86. The van der Waals surface area contributed by atoms with Gasteiger partial charge in [0.15, 0.2) is 6.29 Å². The van der Waals surface area contributed by atoms with E-state index < -0.39 is 17.7 Å². The predicted octanol–water partition coefficient (Wildman–Crippen LogP) is 2.39. The minimum absolute atomic E-state index is 0.0709. The molecule has 1 saturated heterocycles. The average molecular weight is 519 g/mol. The molecule has 2 aromatic heterocycles. The molecule has 2 bridgehead atoms. The van der Waals surface area contributed by atoms with Gasteiger partial charge < -0.3 is 10.2 Å². The second-order valence-electron chi connectivity index (χ2n) is 10.5. The zero-order valence-electron chi connectivity index (χ0n) is 20.9. The number of piperazine rings is 1. The highest BCUT2D eigenvalue weighted by Crippen LogP contribution is 2.56. The fraction of sp³-hybridized carbons (Fsp3) is 0.462. The van der Waals surface area contributed by atoms with Gasteiger partial charge in [0.1, 0.15) is 29.1 Å². The molecule has 2 saturated carbocycles. The Bertz CT molecular complexity index is 1380. The molecule has 5 heterocycles. The number of carbonyl (C=O) groups is 3. The molecular weight excluding hydrogens is 491 g/mol. The van der Waals surface area contributed by atoms with Crippen molar-refractivity contribution >= 4 is 35.5 Å². The average Bonchev–Trinajstić information content (AvgIpc) is 3.69. The van der Waals surface area contributed by atoms with Crippen molar-refractivity contribution in [3.05, 3.63) is 40.7 Å². The number of halogens is 1. The molecule has 0 atom stereocenters. The summed E-state index contributed by atoms with van der Waals surface area (Å²) in [5.41, 5.74) is 0.120. The number of rotatable bonds is 6. The molecule has 11 nitrogen and oxygen atoms in total. The molecule has 196 valence electrons. The molecule has 0 spiro atoms. The third-order valence-electron chi connectivity index (χ3n) is 7.71. The van der Waals surface area contributed by atoms with Crippen LogP contribution in [0.5, 0.6) is 0 Å². The maximum atomic E-state index is 15.8. The Kier molecular flexibility index (Phi) is 5.75. The number of alkyl halides is 1. The molecule has 5 aliphatic rings. The first kappa shape index (κ1) is 24.2. The summed E-state index contributed by atoms with van der Waals surface area (Å²) in [6.07, 6.45) is 4.25. The molecule has 0 aromatic carbocycles. The van der Waals surface area contributed by atoms with Gasteiger partial charge in [-0.15, -0.1) is 0 Å². The van der Waals surface area contributed by atoms with Gasteiger partial charge in [-0.2, -0.15) is 5.26 Å². The molecule has 2 aliphatic carbocycles. The normalized spacial score (nSPS) is 24.2. The van der Waals surface area contributed by atoms with E-state index >= 15 is 4.39 Å². The van der Waals surface area contributed by atoms with Gasteiger partial charge in [0.25, 0.3) is 0 Å². The van der Waals surface area contributed by atoms with Gasteiger partial charge in [-0.05, 0) is 26.0 Å². The number of carbonyl (C=O) groups excluding carboxylic acids is 3. The van der Waals surface area contributed by atoms with Crippen molar-refractivity contribution in [2.75, 3.05) is 42.2 Å². The number of hydrogen-bond donors (Lipinski definition) is 2. The number of pyridine rings is 2. The molecule has 38 heavy (non-hydrogen) atoms. The van der Waals surface area contributed by atoms with Crippen LogP contribution in [0.2, 0.25) is 0 Å². The van der Waals surface area contributed by atoms with E-state index in [2.05, 4.69) is 26.7 Å². The minimum atomic E-state index is -1.64. The zero-order chi connectivity index (χ0) is 26.6. The minimum Gasteiger partial charge on any atom is -0.381 e. The summed E-state index contributed by atoms with van der Waals surface area (Å²) in [4.78, 5) is 51.5. The van der Waals surface area contributed by atoms with Gasteiger partial charge >= 0.3 is 6.03 Å². The Hall–Kier alpha value is -4.11.